The molecule has 2 amide bonds. The number of amides is 2. The summed E-state index contributed by atoms with van der Waals surface area (Å²) in [6, 6.07) is 8.06. The molecular formula is C24H28N8O3. The van der Waals surface area contributed by atoms with Crippen molar-refractivity contribution in [2.45, 2.75) is 38.0 Å². The van der Waals surface area contributed by atoms with Gasteiger partial charge in [-0.2, -0.15) is 10.1 Å². The monoisotopic (exact) mass is 476 g/mol. The molecule has 3 N–H and O–H groups in total. The highest BCUT2D eigenvalue weighted by atomic mass is 16.5. The van der Waals surface area contributed by atoms with E-state index in [1.807, 2.05) is 17.0 Å². The smallest absolute Gasteiger partial charge is 0.326 e. The molecule has 1 fully saturated rings. The first-order chi connectivity index (χ1) is 17.2. The number of rotatable bonds is 6. The molecule has 0 aliphatic carbocycles. The number of hydrogen-bond acceptors (Lipinski definition) is 8. The van der Waals surface area contributed by atoms with E-state index in [0.29, 0.717) is 43.8 Å². The highest BCUT2D eigenvalue weighted by Crippen LogP contribution is 2.40. The van der Waals surface area contributed by atoms with Crippen LogP contribution in [0.15, 0.2) is 42.9 Å². The number of carbonyl (C=O) groups is 1. The van der Waals surface area contributed by atoms with E-state index in [1.165, 1.54) is 0 Å². The summed E-state index contributed by atoms with van der Waals surface area (Å²) in [5, 5.41) is 19.9. The van der Waals surface area contributed by atoms with Gasteiger partial charge in [-0.1, -0.05) is 18.2 Å². The van der Waals surface area contributed by atoms with Crippen molar-refractivity contribution in [2.24, 2.45) is 0 Å². The molecule has 1 aromatic carbocycles. The first-order valence-corrected chi connectivity index (χ1v) is 12.0. The van der Waals surface area contributed by atoms with E-state index in [9.17, 15) is 4.79 Å². The van der Waals surface area contributed by atoms with Crippen molar-refractivity contribution >= 4 is 29.2 Å². The van der Waals surface area contributed by atoms with Crippen LogP contribution in [0.25, 0.3) is 0 Å². The van der Waals surface area contributed by atoms with Gasteiger partial charge in [0.1, 0.15) is 5.82 Å². The zero-order valence-electron chi connectivity index (χ0n) is 19.3. The maximum atomic E-state index is 14.0. The summed E-state index contributed by atoms with van der Waals surface area (Å²) in [7, 11) is 0. The average molecular weight is 477 g/mol. The van der Waals surface area contributed by atoms with Gasteiger partial charge < -0.3 is 25.4 Å². The predicted octanol–water partition coefficient (Wildman–Crippen LogP) is 2.50. The molecule has 182 valence electrons. The number of carbonyl (C=O) groups excluding carboxylic acids is 1. The van der Waals surface area contributed by atoms with Crippen LogP contribution in [0.5, 0.6) is 0 Å². The molecule has 3 aliphatic heterocycles. The maximum absolute atomic E-state index is 14.0. The van der Waals surface area contributed by atoms with Crippen molar-refractivity contribution in [3.63, 3.8) is 0 Å². The predicted molar refractivity (Wildman–Crippen MR) is 130 cm³/mol. The molecule has 35 heavy (non-hydrogen) atoms. The summed E-state index contributed by atoms with van der Waals surface area (Å²) in [4.78, 5) is 27.0. The maximum Gasteiger partial charge on any atom is 0.326 e. The number of urea groups is 1. The summed E-state index contributed by atoms with van der Waals surface area (Å²) in [5.74, 6) is 1.02. The van der Waals surface area contributed by atoms with Crippen LogP contribution in [0.2, 0.25) is 0 Å². The minimum absolute atomic E-state index is 0.00896. The number of nitrogens with zero attached hydrogens (tertiary/aromatic N) is 6. The minimum Gasteiger partial charge on any atom is -0.394 e. The van der Waals surface area contributed by atoms with Gasteiger partial charge >= 0.3 is 6.03 Å². The first kappa shape index (κ1) is 21.8. The van der Waals surface area contributed by atoms with Crippen molar-refractivity contribution in [1.29, 1.82) is 0 Å². The van der Waals surface area contributed by atoms with Crippen LogP contribution in [0.1, 0.15) is 30.0 Å². The molecule has 2 unspecified atom stereocenters. The Kier molecular flexibility index (Phi) is 5.71. The second-order valence-corrected chi connectivity index (χ2v) is 9.00. The number of hydrogen-bond donors (Lipinski definition) is 3. The van der Waals surface area contributed by atoms with Crippen LogP contribution >= 0.6 is 0 Å². The Bertz CT molecular complexity index is 1220. The van der Waals surface area contributed by atoms with Crippen LogP contribution in [0.3, 0.4) is 0 Å². The van der Waals surface area contributed by atoms with Crippen LogP contribution in [0.4, 0.5) is 27.9 Å². The summed E-state index contributed by atoms with van der Waals surface area (Å²) in [5.41, 5.74) is 3.84. The van der Waals surface area contributed by atoms with E-state index < -0.39 is 0 Å². The van der Waals surface area contributed by atoms with Crippen LogP contribution in [-0.4, -0.2) is 68.2 Å². The standard InChI is InChI=1S/C24H28N8O3/c33-9-8-30-14-17(12-27-30)28-23-26-11-16-13-31(21-5-7-25-20-4-2-1-3-19(20)21)24(34)32(22(16)29-23)18-6-10-35-15-18/h1-4,11-12,14,18,21,25,33H,5-10,13,15H2,(H,26,28,29). The fourth-order valence-electron chi connectivity index (χ4n) is 5.11. The van der Waals surface area contributed by atoms with Gasteiger partial charge in [-0.15, -0.1) is 0 Å². The molecule has 0 radical (unpaired) electrons. The molecule has 0 saturated carbocycles. The molecule has 1 saturated heterocycles. The number of para-hydroxylation sites is 1. The molecule has 2 atom stereocenters. The second kappa shape index (κ2) is 9.16. The molecule has 6 rings (SSSR count). The third kappa shape index (κ3) is 4.06. The van der Waals surface area contributed by atoms with Crippen molar-refractivity contribution in [1.82, 2.24) is 24.6 Å². The number of nitrogens with one attached hydrogen (secondary N) is 2. The van der Waals surface area contributed by atoms with Crippen LogP contribution in [-0.2, 0) is 17.8 Å². The van der Waals surface area contributed by atoms with Crippen LogP contribution in [0, 0.1) is 0 Å². The third-order valence-corrected chi connectivity index (χ3v) is 6.78. The number of ether oxygens (including phenoxy) is 1. The number of fused-ring (bicyclic) bond motifs is 2. The number of benzene rings is 1. The van der Waals surface area contributed by atoms with Crippen LogP contribution < -0.4 is 15.5 Å². The Balaban J connectivity index is 1.33. The lowest BCUT2D eigenvalue weighted by atomic mass is 9.95. The van der Waals surface area contributed by atoms with E-state index in [4.69, 9.17) is 14.8 Å². The molecule has 5 heterocycles. The SMILES string of the molecule is O=C1N(C2CCNc3ccccc32)Cc2cnc(Nc3cnn(CCO)c3)nc2N1C1CCOC1. The lowest BCUT2D eigenvalue weighted by molar-refractivity contribution is 0.161. The van der Waals surface area contributed by atoms with E-state index in [0.717, 1.165) is 36.2 Å². The normalized spacial score (nSPS) is 21.5. The van der Waals surface area contributed by atoms with Crippen molar-refractivity contribution in [2.75, 3.05) is 41.9 Å². The quantitative estimate of drug-likeness (QED) is 0.496. The first-order valence-electron chi connectivity index (χ1n) is 12.0. The molecule has 2 aromatic heterocycles. The topological polar surface area (TPSA) is 121 Å². The van der Waals surface area contributed by atoms with Gasteiger partial charge in [-0.3, -0.25) is 9.58 Å². The van der Waals surface area contributed by atoms with Gasteiger partial charge in [-0.05, 0) is 24.5 Å². The number of aromatic nitrogens is 4. The fraction of sp³-hybridized carbons (Fsp3) is 0.417. The van der Waals surface area contributed by atoms with E-state index in [2.05, 4.69) is 32.8 Å². The Morgan fingerprint density at radius 1 is 1.23 bits per heavy atom. The second-order valence-electron chi connectivity index (χ2n) is 9.00. The molecule has 11 heteroatoms. The van der Waals surface area contributed by atoms with Gasteiger partial charge in [0.15, 0.2) is 0 Å². The Hall–Kier alpha value is -3.70. The number of aliphatic hydroxyl groups is 1. The fourth-order valence-corrected chi connectivity index (χ4v) is 5.11. The van der Waals surface area contributed by atoms with E-state index in [-0.39, 0.29) is 24.7 Å². The molecule has 3 aliphatic rings. The molecule has 11 nitrogen and oxygen atoms in total. The van der Waals surface area contributed by atoms with Gasteiger partial charge in [0.25, 0.3) is 0 Å². The lowest BCUT2D eigenvalue weighted by Gasteiger charge is -2.43. The van der Waals surface area contributed by atoms with Crippen molar-refractivity contribution < 1.29 is 14.6 Å². The average Bonchev–Trinajstić information content (AvgIpc) is 3.56. The lowest BCUT2D eigenvalue weighted by Crippen LogP contribution is -2.54. The Morgan fingerprint density at radius 3 is 3.00 bits per heavy atom. The number of aliphatic hydroxyl groups excluding tert-OH is 1. The number of anilines is 4. The summed E-state index contributed by atoms with van der Waals surface area (Å²) < 4.78 is 7.29. The van der Waals surface area contributed by atoms with E-state index >= 15 is 0 Å². The molecule has 3 aromatic rings. The summed E-state index contributed by atoms with van der Waals surface area (Å²) in [6.07, 6.45) is 6.84. The Morgan fingerprint density at radius 2 is 2.14 bits per heavy atom. The molecule has 0 spiro atoms. The van der Waals surface area contributed by atoms with Gasteiger partial charge in [0.05, 0.1) is 50.3 Å². The van der Waals surface area contributed by atoms with Gasteiger partial charge in [-0.25, -0.2) is 9.78 Å². The highest BCUT2D eigenvalue weighted by molar-refractivity contribution is 5.95. The van der Waals surface area contributed by atoms with Gasteiger partial charge in [0.2, 0.25) is 5.95 Å². The summed E-state index contributed by atoms with van der Waals surface area (Å²) in [6.45, 7) is 2.80. The van der Waals surface area contributed by atoms with Gasteiger partial charge in [0, 0.05) is 36.8 Å². The minimum atomic E-state index is -0.0731. The zero-order chi connectivity index (χ0) is 23.8. The zero-order valence-corrected chi connectivity index (χ0v) is 19.3. The third-order valence-electron chi connectivity index (χ3n) is 6.78. The summed E-state index contributed by atoms with van der Waals surface area (Å²) >= 11 is 0. The molecule has 0 bridgehead atoms. The highest BCUT2D eigenvalue weighted by Gasteiger charge is 2.42. The Labute approximate surface area is 202 Å². The molecular weight excluding hydrogens is 448 g/mol. The van der Waals surface area contributed by atoms with Crippen molar-refractivity contribution in [3.8, 4) is 0 Å². The largest absolute Gasteiger partial charge is 0.394 e. The van der Waals surface area contributed by atoms with E-state index in [1.54, 1.807) is 28.2 Å². The van der Waals surface area contributed by atoms with Crippen molar-refractivity contribution in [3.05, 3.63) is 54.0 Å².